The van der Waals surface area contributed by atoms with Gasteiger partial charge < -0.3 is 5.73 Å². The molecule has 8 nitrogen and oxygen atoms in total. The number of likely N-dealkylation sites (tertiary alicyclic amines) is 1. The van der Waals surface area contributed by atoms with E-state index >= 15 is 0 Å². The maximum atomic E-state index is 12.9. The van der Waals surface area contributed by atoms with Crippen molar-refractivity contribution in [3.8, 4) is 0 Å². The summed E-state index contributed by atoms with van der Waals surface area (Å²) in [6.45, 7) is 5.48. The fourth-order valence-corrected chi connectivity index (χ4v) is 4.55. The summed E-state index contributed by atoms with van der Waals surface area (Å²) in [5.41, 5.74) is 7.50. The number of fused-ring (bicyclic) bond motifs is 1. The summed E-state index contributed by atoms with van der Waals surface area (Å²) < 4.78 is 0. The second-order valence-corrected chi connectivity index (χ2v) is 8.32. The van der Waals surface area contributed by atoms with Crippen LogP contribution < -0.4 is 11.1 Å². The van der Waals surface area contributed by atoms with E-state index in [1.54, 1.807) is 12.1 Å². The van der Waals surface area contributed by atoms with Crippen LogP contribution in [0.25, 0.3) is 0 Å². The lowest BCUT2D eigenvalue weighted by molar-refractivity contribution is -0.136. The van der Waals surface area contributed by atoms with Gasteiger partial charge in [0, 0.05) is 19.5 Å². The number of nitrogens with two attached hydrogens (primary N) is 1. The van der Waals surface area contributed by atoms with Crippen molar-refractivity contribution in [1.82, 2.24) is 15.1 Å². The lowest BCUT2D eigenvalue weighted by atomic mass is 9.87. The van der Waals surface area contributed by atoms with Crippen LogP contribution in [0.3, 0.4) is 0 Å². The zero-order valence-electron chi connectivity index (χ0n) is 16.5. The molecule has 3 unspecified atom stereocenters. The second kappa shape index (κ2) is 7.68. The standard InChI is InChI=1S/C21H26N4O4/c1-12-6-7-24(11-14(12)9-22)10-13-2-3-15-16(8-13)21(29)25(20(15)28)17-4-5-18(26)23-19(17)27/h2-3,8,12,14,17H,4-7,9-11,22H2,1H3,(H,23,26,27). The van der Waals surface area contributed by atoms with Gasteiger partial charge in [-0.05, 0) is 55.5 Å². The average Bonchev–Trinajstić information content (AvgIpc) is 2.94. The van der Waals surface area contributed by atoms with Gasteiger partial charge in [0.1, 0.15) is 6.04 Å². The van der Waals surface area contributed by atoms with E-state index in [1.165, 1.54) is 0 Å². The number of hydrogen-bond donors (Lipinski definition) is 2. The summed E-state index contributed by atoms with van der Waals surface area (Å²) in [5.74, 6) is -0.834. The van der Waals surface area contributed by atoms with E-state index in [0.717, 1.165) is 30.0 Å². The minimum Gasteiger partial charge on any atom is -0.330 e. The first-order valence-electron chi connectivity index (χ1n) is 10.2. The molecule has 3 aliphatic heterocycles. The zero-order valence-corrected chi connectivity index (χ0v) is 16.5. The van der Waals surface area contributed by atoms with Crippen LogP contribution in [0.4, 0.5) is 0 Å². The third-order valence-electron chi connectivity index (χ3n) is 6.41. The van der Waals surface area contributed by atoms with Gasteiger partial charge in [-0.3, -0.25) is 34.3 Å². The molecule has 1 aromatic rings. The van der Waals surface area contributed by atoms with E-state index < -0.39 is 23.8 Å². The molecule has 29 heavy (non-hydrogen) atoms. The van der Waals surface area contributed by atoms with Crippen LogP contribution in [-0.2, 0) is 16.1 Å². The van der Waals surface area contributed by atoms with Gasteiger partial charge in [-0.15, -0.1) is 0 Å². The topological polar surface area (TPSA) is 113 Å². The normalized spacial score (nSPS) is 27.9. The predicted octanol–water partition coefficient (Wildman–Crippen LogP) is 0.505. The molecule has 0 saturated carbocycles. The molecule has 1 aromatic carbocycles. The van der Waals surface area contributed by atoms with Crippen LogP contribution in [0.1, 0.15) is 52.5 Å². The Morgan fingerprint density at radius 1 is 1.10 bits per heavy atom. The van der Waals surface area contributed by atoms with Crippen molar-refractivity contribution >= 4 is 23.6 Å². The van der Waals surface area contributed by atoms with Gasteiger partial charge >= 0.3 is 0 Å². The van der Waals surface area contributed by atoms with Crippen LogP contribution >= 0.6 is 0 Å². The molecule has 2 fully saturated rings. The molecule has 3 aliphatic rings. The number of nitrogens with zero attached hydrogens (tertiary/aromatic N) is 2. The summed E-state index contributed by atoms with van der Waals surface area (Å²) in [7, 11) is 0. The average molecular weight is 398 g/mol. The van der Waals surface area contributed by atoms with Crippen molar-refractivity contribution in [3.05, 3.63) is 34.9 Å². The van der Waals surface area contributed by atoms with E-state index in [0.29, 0.717) is 36.1 Å². The Morgan fingerprint density at radius 2 is 1.86 bits per heavy atom. The highest BCUT2D eigenvalue weighted by Gasteiger charge is 2.44. The fourth-order valence-electron chi connectivity index (χ4n) is 4.55. The van der Waals surface area contributed by atoms with Crippen LogP contribution in [0.5, 0.6) is 0 Å². The van der Waals surface area contributed by atoms with Crippen LogP contribution in [0.15, 0.2) is 18.2 Å². The van der Waals surface area contributed by atoms with Gasteiger partial charge in [0.25, 0.3) is 11.8 Å². The number of imide groups is 2. The molecule has 0 aromatic heterocycles. The first-order valence-corrected chi connectivity index (χ1v) is 10.2. The monoisotopic (exact) mass is 398 g/mol. The molecule has 154 valence electrons. The van der Waals surface area contributed by atoms with Crippen LogP contribution in [0, 0.1) is 11.8 Å². The number of rotatable bonds is 4. The zero-order chi connectivity index (χ0) is 20.7. The van der Waals surface area contributed by atoms with Gasteiger partial charge in [-0.2, -0.15) is 0 Å². The fraction of sp³-hybridized carbons (Fsp3) is 0.524. The Labute approximate surface area is 169 Å². The largest absolute Gasteiger partial charge is 0.330 e. The number of amides is 4. The van der Waals surface area contributed by atoms with Gasteiger partial charge in [-0.25, -0.2) is 0 Å². The minimum absolute atomic E-state index is 0.116. The van der Waals surface area contributed by atoms with Gasteiger partial charge in [0.05, 0.1) is 11.1 Å². The quantitative estimate of drug-likeness (QED) is 0.715. The maximum absolute atomic E-state index is 12.9. The molecular weight excluding hydrogens is 372 g/mol. The number of nitrogens with one attached hydrogen (secondary N) is 1. The molecule has 3 N–H and O–H groups in total. The molecule has 0 radical (unpaired) electrons. The highest BCUT2D eigenvalue weighted by Crippen LogP contribution is 2.29. The number of hydrogen-bond acceptors (Lipinski definition) is 6. The Morgan fingerprint density at radius 3 is 2.59 bits per heavy atom. The molecule has 4 rings (SSSR count). The first kappa shape index (κ1) is 19.7. The smallest absolute Gasteiger partial charge is 0.262 e. The van der Waals surface area contributed by atoms with Gasteiger partial charge in [0.15, 0.2) is 0 Å². The van der Waals surface area contributed by atoms with Gasteiger partial charge in [-0.1, -0.05) is 13.0 Å². The van der Waals surface area contributed by atoms with Crippen molar-refractivity contribution in [2.24, 2.45) is 17.6 Å². The van der Waals surface area contributed by atoms with Crippen molar-refractivity contribution in [2.75, 3.05) is 19.6 Å². The number of carbonyl (C=O) groups excluding carboxylic acids is 4. The molecule has 2 saturated heterocycles. The van der Waals surface area contributed by atoms with Crippen molar-refractivity contribution in [2.45, 2.75) is 38.8 Å². The third kappa shape index (κ3) is 3.58. The summed E-state index contributed by atoms with van der Waals surface area (Å²) in [6.07, 6.45) is 1.37. The Hall–Kier alpha value is -2.58. The molecule has 0 bridgehead atoms. The summed E-state index contributed by atoms with van der Waals surface area (Å²) >= 11 is 0. The van der Waals surface area contributed by atoms with Crippen molar-refractivity contribution in [1.29, 1.82) is 0 Å². The molecule has 0 spiro atoms. The van der Waals surface area contributed by atoms with E-state index in [2.05, 4.69) is 17.1 Å². The Kier molecular flexibility index (Phi) is 5.23. The predicted molar refractivity (Wildman–Crippen MR) is 105 cm³/mol. The molecular formula is C21H26N4O4. The summed E-state index contributed by atoms with van der Waals surface area (Å²) in [4.78, 5) is 52.6. The Bertz CT molecular complexity index is 883. The molecule has 3 heterocycles. The summed E-state index contributed by atoms with van der Waals surface area (Å²) in [5, 5.41) is 2.21. The number of piperidine rings is 2. The highest BCUT2D eigenvalue weighted by atomic mass is 16.2. The Balaban J connectivity index is 1.51. The maximum Gasteiger partial charge on any atom is 0.262 e. The second-order valence-electron chi connectivity index (χ2n) is 8.32. The number of benzene rings is 1. The van der Waals surface area contributed by atoms with E-state index in [9.17, 15) is 19.2 Å². The SMILES string of the molecule is CC1CCN(Cc2ccc3c(c2)C(=O)N(C2CCC(=O)NC2=O)C3=O)CC1CN. The lowest BCUT2D eigenvalue weighted by Gasteiger charge is -2.36. The van der Waals surface area contributed by atoms with E-state index in [1.807, 2.05) is 6.07 Å². The summed E-state index contributed by atoms with van der Waals surface area (Å²) in [6, 6.07) is 4.37. The van der Waals surface area contributed by atoms with Crippen LogP contribution in [-0.4, -0.2) is 59.1 Å². The van der Waals surface area contributed by atoms with Crippen LogP contribution in [0.2, 0.25) is 0 Å². The minimum atomic E-state index is -0.933. The van der Waals surface area contributed by atoms with Crippen molar-refractivity contribution in [3.63, 3.8) is 0 Å². The molecule has 0 aliphatic carbocycles. The molecule has 8 heteroatoms. The number of carbonyl (C=O) groups is 4. The first-order chi connectivity index (χ1) is 13.9. The lowest BCUT2D eigenvalue weighted by Crippen LogP contribution is -2.54. The van der Waals surface area contributed by atoms with E-state index in [4.69, 9.17) is 5.73 Å². The van der Waals surface area contributed by atoms with E-state index in [-0.39, 0.29) is 18.7 Å². The molecule has 3 atom stereocenters. The third-order valence-corrected chi connectivity index (χ3v) is 6.41. The van der Waals surface area contributed by atoms with Crippen molar-refractivity contribution < 1.29 is 19.2 Å². The molecule has 4 amide bonds. The van der Waals surface area contributed by atoms with Gasteiger partial charge in [0.2, 0.25) is 11.8 Å². The highest BCUT2D eigenvalue weighted by molar-refractivity contribution is 6.23.